The van der Waals surface area contributed by atoms with E-state index in [-0.39, 0.29) is 29.5 Å². The SMILES string of the molecule is CC1CC(C)CN(C(=O)COC(=O)c2cccc(S(=O)(=O)NCc3cccs3)c2)C1. The van der Waals surface area contributed by atoms with Crippen molar-refractivity contribution in [3.63, 3.8) is 0 Å². The molecular weight excluding hydrogens is 424 g/mol. The molecule has 30 heavy (non-hydrogen) atoms. The van der Waals surface area contributed by atoms with Gasteiger partial charge in [-0.15, -0.1) is 11.3 Å². The van der Waals surface area contributed by atoms with E-state index in [1.54, 1.807) is 4.90 Å². The molecule has 1 aliphatic rings. The molecule has 1 fully saturated rings. The van der Waals surface area contributed by atoms with Crippen LogP contribution in [0.5, 0.6) is 0 Å². The highest BCUT2D eigenvalue weighted by Crippen LogP contribution is 2.21. The van der Waals surface area contributed by atoms with E-state index in [2.05, 4.69) is 18.6 Å². The van der Waals surface area contributed by atoms with Gasteiger partial charge in [0.2, 0.25) is 10.0 Å². The number of hydrogen-bond acceptors (Lipinski definition) is 6. The lowest BCUT2D eigenvalue weighted by molar-refractivity contribution is -0.137. The summed E-state index contributed by atoms with van der Waals surface area (Å²) >= 11 is 1.45. The highest BCUT2D eigenvalue weighted by atomic mass is 32.2. The quantitative estimate of drug-likeness (QED) is 0.655. The Hall–Kier alpha value is -2.23. The predicted molar refractivity (Wildman–Crippen MR) is 115 cm³/mol. The number of hydrogen-bond donors (Lipinski definition) is 1. The van der Waals surface area contributed by atoms with E-state index in [1.165, 1.54) is 35.6 Å². The normalized spacial score (nSPS) is 19.5. The Labute approximate surface area is 181 Å². The second kappa shape index (κ2) is 9.72. The smallest absolute Gasteiger partial charge is 0.338 e. The number of rotatable bonds is 7. The maximum Gasteiger partial charge on any atom is 0.338 e. The van der Waals surface area contributed by atoms with Crippen LogP contribution in [0.15, 0.2) is 46.7 Å². The first-order valence-corrected chi connectivity index (χ1v) is 12.2. The molecule has 1 aromatic heterocycles. The first-order chi connectivity index (χ1) is 14.2. The van der Waals surface area contributed by atoms with Crippen LogP contribution in [0.1, 0.15) is 35.5 Å². The Kier molecular flexibility index (Phi) is 7.27. The minimum atomic E-state index is -3.78. The van der Waals surface area contributed by atoms with Gasteiger partial charge in [0.1, 0.15) is 0 Å². The van der Waals surface area contributed by atoms with Gasteiger partial charge in [-0.25, -0.2) is 17.9 Å². The van der Waals surface area contributed by atoms with Crippen molar-refractivity contribution < 1.29 is 22.7 Å². The number of sulfonamides is 1. The number of carbonyl (C=O) groups is 2. The van der Waals surface area contributed by atoms with E-state index < -0.39 is 16.0 Å². The molecule has 2 atom stereocenters. The van der Waals surface area contributed by atoms with E-state index in [9.17, 15) is 18.0 Å². The highest BCUT2D eigenvalue weighted by molar-refractivity contribution is 7.89. The van der Waals surface area contributed by atoms with Crippen molar-refractivity contribution in [1.29, 1.82) is 0 Å². The Bertz CT molecular complexity index is 979. The van der Waals surface area contributed by atoms with Crippen LogP contribution in [-0.4, -0.2) is 44.9 Å². The number of esters is 1. The van der Waals surface area contributed by atoms with Crippen molar-refractivity contribution in [1.82, 2.24) is 9.62 Å². The van der Waals surface area contributed by atoms with Gasteiger partial charge in [0, 0.05) is 24.5 Å². The van der Waals surface area contributed by atoms with Gasteiger partial charge in [0.15, 0.2) is 6.61 Å². The zero-order valence-electron chi connectivity index (χ0n) is 17.0. The zero-order valence-corrected chi connectivity index (χ0v) is 18.7. The third kappa shape index (κ3) is 5.90. The van der Waals surface area contributed by atoms with Crippen LogP contribution in [0.2, 0.25) is 0 Å². The molecule has 7 nitrogen and oxygen atoms in total. The van der Waals surface area contributed by atoms with Gasteiger partial charge in [-0.1, -0.05) is 26.0 Å². The minimum absolute atomic E-state index is 0.0292. The number of carbonyl (C=O) groups excluding carboxylic acids is 2. The van der Waals surface area contributed by atoms with Crippen LogP contribution in [0.3, 0.4) is 0 Å². The van der Waals surface area contributed by atoms with Crippen molar-refractivity contribution in [2.24, 2.45) is 11.8 Å². The average molecular weight is 451 g/mol. The molecule has 162 valence electrons. The fourth-order valence-electron chi connectivity index (χ4n) is 3.62. The molecular formula is C21H26N2O5S2. The molecule has 3 rings (SSSR count). The number of ether oxygens (including phenoxy) is 1. The summed E-state index contributed by atoms with van der Waals surface area (Å²) in [5.74, 6) is -0.131. The number of likely N-dealkylation sites (tertiary alicyclic amines) is 1. The topological polar surface area (TPSA) is 92.8 Å². The standard InChI is InChI=1S/C21H26N2O5S2/c1-15-9-16(2)13-23(12-15)20(24)14-28-21(25)17-5-3-7-19(10-17)30(26,27)22-11-18-6-4-8-29-18/h3-8,10,15-16,22H,9,11-14H2,1-2H3. The summed E-state index contributed by atoms with van der Waals surface area (Å²) in [6.45, 7) is 5.33. The lowest BCUT2D eigenvalue weighted by Crippen LogP contribution is -2.44. The van der Waals surface area contributed by atoms with E-state index in [4.69, 9.17) is 4.74 Å². The number of amides is 1. The summed E-state index contributed by atoms with van der Waals surface area (Å²) in [5, 5.41) is 1.87. The summed E-state index contributed by atoms with van der Waals surface area (Å²) in [6.07, 6.45) is 1.07. The number of benzene rings is 1. The third-order valence-corrected chi connectivity index (χ3v) is 7.22. The van der Waals surface area contributed by atoms with Crippen molar-refractivity contribution in [2.45, 2.75) is 31.7 Å². The van der Waals surface area contributed by atoms with Crippen molar-refractivity contribution >= 4 is 33.2 Å². The lowest BCUT2D eigenvalue weighted by Gasteiger charge is -2.34. The Balaban J connectivity index is 1.59. The number of thiophene rings is 1. The molecule has 9 heteroatoms. The first-order valence-electron chi connectivity index (χ1n) is 9.81. The predicted octanol–water partition coefficient (Wildman–Crippen LogP) is 2.89. The van der Waals surface area contributed by atoms with Crippen molar-refractivity contribution in [3.8, 4) is 0 Å². The molecule has 1 aliphatic heterocycles. The maximum atomic E-state index is 12.5. The molecule has 1 aromatic carbocycles. The Morgan fingerprint density at radius 2 is 1.90 bits per heavy atom. The molecule has 0 aliphatic carbocycles. The van der Waals surface area contributed by atoms with Crippen molar-refractivity contribution in [3.05, 3.63) is 52.2 Å². The number of nitrogens with zero attached hydrogens (tertiary/aromatic N) is 1. The lowest BCUT2D eigenvalue weighted by atomic mass is 9.92. The molecule has 1 N–H and O–H groups in total. The summed E-state index contributed by atoms with van der Waals surface area (Å²) < 4.78 is 32.7. The monoisotopic (exact) mass is 450 g/mol. The molecule has 2 heterocycles. The second-order valence-electron chi connectivity index (χ2n) is 7.75. The van der Waals surface area contributed by atoms with Crippen molar-refractivity contribution in [2.75, 3.05) is 19.7 Å². The van der Waals surface area contributed by atoms with Crippen LogP contribution < -0.4 is 4.72 Å². The van der Waals surface area contributed by atoms with Crippen LogP contribution in [0.4, 0.5) is 0 Å². The summed E-state index contributed by atoms with van der Waals surface area (Å²) in [5.41, 5.74) is 0.0854. The first kappa shape index (κ1) is 22.5. The van der Waals surface area contributed by atoms with Crippen LogP contribution in [-0.2, 0) is 26.1 Å². The summed E-state index contributed by atoms with van der Waals surface area (Å²) in [7, 11) is -3.78. The van der Waals surface area contributed by atoms with E-state index in [0.717, 1.165) is 11.3 Å². The van der Waals surface area contributed by atoms with E-state index in [1.807, 2.05) is 17.5 Å². The number of piperidine rings is 1. The molecule has 2 unspecified atom stereocenters. The molecule has 1 saturated heterocycles. The van der Waals surface area contributed by atoms with Gasteiger partial charge in [-0.2, -0.15) is 0 Å². The van der Waals surface area contributed by atoms with Gasteiger partial charge in [0.05, 0.1) is 10.5 Å². The average Bonchev–Trinajstić information content (AvgIpc) is 3.23. The molecule has 2 aromatic rings. The molecule has 0 radical (unpaired) electrons. The van der Waals surface area contributed by atoms with Gasteiger partial charge >= 0.3 is 5.97 Å². The largest absolute Gasteiger partial charge is 0.452 e. The van der Waals surface area contributed by atoms with Crippen LogP contribution >= 0.6 is 11.3 Å². The Morgan fingerprint density at radius 1 is 1.17 bits per heavy atom. The van der Waals surface area contributed by atoms with Gasteiger partial charge in [-0.3, -0.25) is 4.79 Å². The number of nitrogens with one attached hydrogen (secondary N) is 1. The summed E-state index contributed by atoms with van der Waals surface area (Å²) in [4.78, 5) is 27.3. The fraction of sp³-hybridized carbons (Fsp3) is 0.429. The summed E-state index contributed by atoms with van der Waals surface area (Å²) in [6, 6.07) is 9.30. The van der Waals surface area contributed by atoms with E-state index >= 15 is 0 Å². The second-order valence-corrected chi connectivity index (χ2v) is 10.6. The zero-order chi connectivity index (χ0) is 21.7. The molecule has 0 bridgehead atoms. The van der Waals surface area contributed by atoms with Crippen LogP contribution in [0.25, 0.3) is 0 Å². The maximum absolute atomic E-state index is 12.5. The van der Waals surface area contributed by atoms with Gasteiger partial charge < -0.3 is 9.64 Å². The van der Waals surface area contributed by atoms with Gasteiger partial charge in [0.25, 0.3) is 5.91 Å². The minimum Gasteiger partial charge on any atom is -0.452 e. The Morgan fingerprint density at radius 3 is 2.57 bits per heavy atom. The fourth-order valence-corrected chi connectivity index (χ4v) is 5.41. The third-order valence-electron chi connectivity index (χ3n) is 4.94. The molecule has 0 saturated carbocycles. The van der Waals surface area contributed by atoms with Gasteiger partial charge in [-0.05, 0) is 47.9 Å². The van der Waals surface area contributed by atoms with E-state index in [0.29, 0.717) is 24.9 Å². The molecule has 0 spiro atoms. The highest BCUT2D eigenvalue weighted by Gasteiger charge is 2.26. The molecule has 1 amide bonds. The van der Waals surface area contributed by atoms with Crippen LogP contribution in [0, 0.1) is 11.8 Å².